The summed E-state index contributed by atoms with van der Waals surface area (Å²) in [5, 5.41) is 0. The van der Waals surface area contributed by atoms with Crippen molar-refractivity contribution >= 4 is 34.2 Å². The summed E-state index contributed by atoms with van der Waals surface area (Å²) in [6.07, 6.45) is 1.88. The molecule has 0 radical (unpaired) electrons. The number of aromatic amines is 1. The van der Waals surface area contributed by atoms with Crippen LogP contribution in [-0.4, -0.2) is 46.0 Å². The topological polar surface area (TPSA) is 82.9 Å². The van der Waals surface area contributed by atoms with Crippen molar-refractivity contribution in [1.82, 2.24) is 14.5 Å². The Balaban J connectivity index is 1.07. The van der Waals surface area contributed by atoms with Gasteiger partial charge in [0.15, 0.2) is 0 Å². The van der Waals surface area contributed by atoms with E-state index in [-0.39, 0.29) is 17.7 Å². The number of H-pyrrole nitrogens is 1. The number of piperidine rings is 1. The van der Waals surface area contributed by atoms with Crippen molar-refractivity contribution < 1.29 is 9.53 Å². The molecule has 1 N–H and O–H groups in total. The highest BCUT2D eigenvalue weighted by atomic mass is 16.5. The van der Waals surface area contributed by atoms with Crippen molar-refractivity contribution in [3.8, 4) is 0 Å². The van der Waals surface area contributed by atoms with Crippen LogP contribution in [0.5, 0.6) is 0 Å². The summed E-state index contributed by atoms with van der Waals surface area (Å²) in [7, 11) is 0. The van der Waals surface area contributed by atoms with Gasteiger partial charge in [0.25, 0.3) is 0 Å². The Morgan fingerprint density at radius 1 is 0.932 bits per heavy atom. The van der Waals surface area contributed by atoms with Crippen LogP contribution < -0.4 is 10.6 Å². The van der Waals surface area contributed by atoms with Gasteiger partial charge in [-0.25, -0.2) is 14.6 Å². The van der Waals surface area contributed by atoms with E-state index in [4.69, 9.17) is 9.73 Å². The van der Waals surface area contributed by atoms with Crippen LogP contribution in [0.25, 0.3) is 11.0 Å². The average molecular weight is 586 g/mol. The lowest BCUT2D eigenvalue weighted by Crippen LogP contribution is -2.36. The summed E-state index contributed by atoms with van der Waals surface area (Å²) in [5.74, 6) is 0.561. The van der Waals surface area contributed by atoms with Crippen LogP contribution in [0.1, 0.15) is 52.9 Å². The number of amidine groups is 1. The number of aliphatic imine (C=N–C) groups is 1. The van der Waals surface area contributed by atoms with E-state index in [1.54, 1.807) is 6.07 Å². The standard InChI is InChI=1S/C36H35N5O3/c1-2-44-35(42)27-14-17-31-28(22-27)24-40(34(37-31)26-8-4-3-5-9-26)29-15-12-25(13-16-29)23-39-20-18-30(19-21-39)41-33-11-7-6-10-32(33)38-36(41)43/h3-17,22,30H,2,18-21,23-24H2,1H3,(H,38,43). The predicted octanol–water partition coefficient (Wildman–Crippen LogP) is 6.44. The number of rotatable bonds is 7. The average Bonchev–Trinajstić information content (AvgIpc) is 3.40. The first-order chi connectivity index (χ1) is 21.6. The van der Waals surface area contributed by atoms with E-state index in [0.29, 0.717) is 18.7 Å². The molecule has 0 bridgehead atoms. The van der Waals surface area contributed by atoms with E-state index in [0.717, 1.165) is 71.8 Å². The molecular weight excluding hydrogens is 550 g/mol. The molecule has 4 aromatic carbocycles. The molecule has 3 heterocycles. The summed E-state index contributed by atoms with van der Waals surface area (Å²) in [6, 6.07) is 32.6. The number of imidazole rings is 1. The number of anilines is 1. The molecule has 8 nitrogen and oxygen atoms in total. The fourth-order valence-corrected chi connectivity index (χ4v) is 6.42. The van der Waals surface area contributed by atoms with E-state index in [9.17, 15) is 9.59 Å². The molecule has 5 aromatic rings. The normalized spacial score (nSPS) is 15.7. The molecule has 0 saturated carbocycles. The molecule has 0 amide bonds. The minimum Gasteiger partial charge on any atom is -0.462 e. The summed E-state index contributed by atoms with van der Waals surface area (Å²) >= 11 is 0. The molecule has 1 saturated heterocycles. The second kappa shape index (κ2) is 12.0. The number of carbonyl (C=O) groups is 1. The number of nitrogens with zero attached hydrogens (tertiary/aromatic N) is 4. The highest BCUT2D eigenvalue weighted by molar-refractivity contribution is 6.12. The van der Waals surface area contributed by atoms with Gasteiger partial charge in [-0.1, -0.05) is 54.6 Å². The Bertz CT molecular complexity index is 1880. The van der Waals surface area contributed by atoms with Gasteiger partial charge in [-0.2, -0.15) is 0 Å². The molecule has 0 spiro atoms. The maximum absolute atomic E-state index is 12.7. The van der Waals surface area contributed by atoms with Crippen LogP contribution in [0.2, 0.25) is 0 Å². The van der Waals surface area contributed by atoms with Crippen LogP contribution in [0, 0.1) is 0 Å². The van der Waals surface area contributed by atoms with E-state index in [1.165, 1.54) is 5.56 Å². The predicted molar refractivity (Wildman–Crippen MR) is 174 cm³/mol. The number of hydrogen-bond acceptors (Lipinski definition) is 6. The van der Waals surface area contributed by atoms with Gasteiger partial charge in [0.05, 0.1) is 35.4 Å². The number of fused-ring (bicyclic) bond motifs is 2. The van der Waals surface area contributed by atoms with Crippen molar-refractivity contribution in [2.45, 2.75) is 38.9 Å². The molecule has 44 heavy (non-hydrogen) atoms. The molecular formula is C36H35N5O3. The number of carbonyl (C=O) groups excluding carboxylic acids is 1. The Morgan fingerprint density at radius 2 is 1.68 bits per heavy atom. The minimum atomic E-state index is -0.318. The summed E-state index contributed by atoms with van der Waals surface area (Å²) < 4.78 is 7.18. The van der Waals surface area contributed by atoms with E-state index >= 15 is 0 Å². The molecule has 8 heteroatoms. The first kappa shape index (κ1) is 27.9. The zero-order valence-electron chi connectivity index (χ0n) is 24.8. The van der Waals surface area contributed by atoms with Crippen LogP contribution in [-0.2, 0) is 17.8 Å². The number of aromatic nitrogens is 2. The van der Waals surface area contributed by atoms with Gasteiger partial charge in [0.1, 0.15) is 5.84 Å². The van der Waals surface area contributed by atoms with Gasteiger partial charge in [0, 0.05) is 36.9 Å². The van der Waals surface area contributed by atoms with Crippen LogP contribution in [0.4, 0.5) is 11.4 Å². The second-order valence-electron chi connectivity index (χ2n) is 11.4. The molecule has 1 fully saturated rings. The second-order valence-corrected chi connectivity index (χ2v) is 11.4. The fourth-order valence-electron chi connectivity index (χ4n) is 6.42. The first-order valence-corrected chi connectivity index (χ1v) is 15.3. The molecule has 1 aromatic heterocycles. The third kappa shape index (κ3) is 5.44. The SMILES string of the molecule is CCOC(=O)c1ccc2c(c1)CN(c1ccc(CN3CCC(n4c(=O)[nH]c5ccccc54)CC3)cc1)C(c1ccccc1)=N2. The number of esters is 1. The molecule has 0 atom stereocenters. The van der Waals surface area contributed by atoms with Crippen LogP contribution in [0.15, 0.2) is 107 Å². The lowest BCUT2D eigenvalue weighted by atomic mass is 10.0. The Labute approximate surface area is 256 Å². The number of benzene rings is 4. The van der Waals surface area contributed by atoms with Crippen molar-refractivity contribution in [3.63, 3.8) is 0 Å². The summed E-state index contributed by atoms with van der Waals surface area (Å²) in [6.45, 7) is 5.49. The van der Waals surface area contributed by atoms with Gasteiger partial charge in [0.2, 0.25) is 0 Å². The van der Waals surface area contributed by atoms with E-state index in [2.05, 4.69) is 51.2 Å². The van der Waals surface area contributed by atoms with Gasteiger partial charge in [-0.05, 0) is 73.4 Å². The number of likely N-dealkylation sites (tertiary alicyclic amines) is 1. The zero-order valence-corrected chi connectivity index (χ0v) is 24.8. The van der Waals surface area contributed by atoms with E-state index < -0.39 is 0 Å². The lowest BCUT2D eigenvalue weighted by Gasteiger charge is -2.33. The molecule has 2 aliphatic heterocycles. The number of nitrogens with one attached hydrogen (secondary N) is 1. The highest BCUT2D eigenvalue weighted by Crippen LogP contribution is 2.33. The van der Waals surface area contributed by atoms with Gasteiger partial charge in [-0.3, -0.25) is 9.47 Å². The minimum absolute atomic E-state index is 0.0175. The molecule has 0 unspecified atom stereocenters. The van der Waals surface area contributed by atoms with Crippen molar-refractivity contribution in [2.75, 3.05) is 24.6 Å². The Hall–Kier alpha value is -4.95. The molecule has 0 aliphatic carbocycles. The number of hydrogen-bond donors (Lipinski definition) is 1. The first-order valence-electron chi connectivity index (χ1n) is 15.3. The van der Waals surface area contributed by atoms with E-state index in [1.807, 2.05) is 66.1 Å². The zero-order chi connectivity index (χ0) is 30.0. The molecule has 222 valence electrons. The molecule has 2 aliphatic rings. The van der Waals surface area contributed by atoms with Gasteiger partial charge < -0.3 is 14.6 Å². The van der Waals surface area contributed by atoms with Crippen molar-refractivity contribution in [3.05, 3.63) is 130 Å². The largest absolute Gasteiger partial charge is 0.462 e. The number of ether oxygens (including phenoxy) is 1. The van der Waals surface area contributed by atoms with Crippen LogP contribution >= 0.6 is 0 Å². The quantitative estimate of drug-likeness (QED) is 0.222. The van der Waals surface area contributed by atoms with Gasteiger partial charge >= 0.3 is 11.7 Å². The highest BCUT2D eigenvalue weighted by Gasteiger charge is 2.25. The summed E-state index contributed by atoms with van der Waals surface area (Å²) in [5.41, 5.74) is 7.58. The maximum Gasteiger partial charge on any atom is 0.338 e. The summed E-state index contributed by atoms with van der Waals surface area (Å²) in [4.78, 5) is 37.8. The van der Waals surface area contributed by atoms with Crippen molar-refractivity contribution in [1.29, 1.82) is 0 Å². The van der Waals surface area contributed by atoms with Crippen LogP contribution in [0.3, 0.4) is 0 Å². The number of para-hydroxylation sites is 2. The Morgan fingerprint density at radius 3 is 2.45 bits per heavy atom. The molecule has 7 rings (SSSR count). The van der Waals surface area contributed by atoms with Gasteiger partial charge in [-0.15, -0.1) is 0 Å². The smallest absolute Gasteiger partial charge is 0.338 e. The lowest BCUT2D eigenvalue weighted by molar-refractivity contribution is 0.0526. The van der Waals surface area contributed by atoms with Crippen molar-refractivity contribution in [2.24, 2.45) is 4.99 Å². The Kier molecular flexibility index (Phi) is 7.58. The fraction of sp³-hybridized carbons (Fsp3) is 0.250. The third-order valence-electron chi connectivity index (χ3n) is 8.63. The maximum atomic E-state index is 12.7. The monoisotopic (exact) mass is 585 g/mol. The third-order valence-corrected chi connectivity index (χ3v) is 8.63.